The van der Waals surface area contributed by atoms with Crippen LogP contribution in [-0.4, -0.2) is 19.0 Å². The average molecular weight is 252 g/mol. The Labute approximate surface area is 108 Å². The molecular formula is C14H21FN2O. The van der Waals surface area contributed by atoms with E-state index in [4.69, 9.17) is 5.73 Å². The Morgan fingerprint density at radius 1 is 1.50 bits per heavy atom. The van der Waals surface area contributed by atoms with Gasteiger partial charge in [-0.15, -0.1) is 0 Å². The molecule has 1 aromatic rings. The van der Waals surface area contributed by atoms with Crippen LogP contribution < -0.4 is 11.1 Å². The van der Waals surface area contributed by atoms with E-state index in [1.54, 1.807) is 6.07 Å². The highest BCUT2D eigenvalue weighted by molar-refractivity contribution is 5.78. The molecular weight excluding hydrogens is 231 g/mol. The van der Waals surface area contributed by atoms with Crippen molar-refractivity contribution in [2.75, 3.05) is 13.1 Å². The van der Waals surface area contributed by atoms with E-state index in [-0.39, 0.29) is 17.6 Å². The normalized spacial score (nSPS) is 12.2. The minimum Gasteiger partial charge on any atom is -0.355 e. The van der Waals surface area contributed by atoms with Crippen LogP contribution >= 0.6 is 0 Å². The molecule has 100 valence electrons. The van der Waals surface area contributed by atoms with E-state index in [2.05, 4.69) is 5.32 Å². The summed E-state index contributed by atoms with van der Waals surface area (Å²) in [7, 11) is 0. The monoisotopic (exact) mass is 252 g/mol. The van der Waals surface area contributed by atoms with Gasteiger partial charge < -0.3 is 11.1 Å². The van der Waals surface area contributed by atoms with Crippen LogP contribution in [0.15, 0.2) is 18.2 Å². The molecule has 0 fully saturated rings. The van der Waals surface area contributed by atoms with Gasteiger partial charge >= 0.3 is 0 Å². The first-order chi connectivity index (χ1) is 8.58. The van der Waals surface area contributed by atoms with E-state index >= 15 is 0 Å². The maximum Gasteiger partial charge on any atom is 0.224 e. The van der Waals surface area contributed by atoms with E-state index in [0.717, 1.165) is 17.5 Å². The van der Waals surface area contributed by atoms with Crippen LogP contribution in [0.5, 0.6) is 0 Å². The third-order valence-corrected chi connectivity index (χ3v) is 3.15. The molecule has 3 N–H and O–H groups in total. The molecule has 1 aromatic carbocycles. The fourth-order valence-electron chi connectivity index (χ4n) is 1.86. The molecule has 0 bridgehead atoms. The lowest BCUT2D eigenvalue weighted by Gasteiger charge is -2.13. The molecule has 0 aliphatic carbocycles. The summed E-state index contributed by atoms with van der Waals surface area (Å²) in [6.07, 6.45) is 1.46. The quantitative estimate of drug-likeness (QED) is 0.811. The fourth-order valence-corrected chi connectivity index (χ4v) is 1.86. The SMILES string of the molecule is CCC(CN)C(=O)NCCc1ccc(F)cc1C. The second-order valence-electron chi connectivity index (χ2n) is 4.45. The molecule has 0 saturated heterocycles. The maximum absolute atomic E-state index is 12.9. The third kappa shape index (κ3) is 4.11. The molecule has 0 aromatic heterocycles. The van der Waals surface area contributed by atoms with Gasteiger partial charge in [-0.2, -0.15) is 0 Å². The summed E-state index contributed by atoms with van der Waals surface area (Å²) in [5, 5.41) is 2.86. The first-order valence-corrected chi connectivity index (χ1v) is 6.31. The molecule has 1 unspecified atom stereocenters. The topological polar surface area (TPSA) is 55.1 Å². The van der Waals surface area contributed by atoms with Gasteiger partial charge in [0.15, 0.2) is 0 Å². The van der Waals surface area contributed by atoms with E-state index < -0.39 is 0 Å². The van der Waals surface area contributed by atoms with Gasteiger partial charge in [0.25, 0.3) is 0 Å². The van der Waals surface area contributed by atoms with E-state index in [0.29, 0.717) is 19.5 Å². The molecule has 1 amide bonds. The summed E-state index contributed by atoms with van der Waals surface area (Å²) in [5.74, 6) is -0.339. The van der Waals surface area contributed by atoms with Crippen molar-refractivity contribution in [1.82, 2.24) is 5.32 Å². The smallest absolute Gasteiger partial charge is 0.224 e. The molecule has 0 aliphatic heterocycles. The van der Waals surface area contributed by atoms with Gasteiger partial charge in [-0.3, -0.25) is 4.79 Å². The van der Waals surface area contributed by atoms with Crippen LogP contribution in [0, 0.1) is 18.7 Å². The molecule has 0 aliphatic rings. The molecule has 0 spiro atoms. The molecule has 0 heterocycles. The number of amides is 1. The summed E-state index contributed by atoms with van der Waals surface area (Å²) in [4.78, 5) is 11.7. The highest BCUT2D eigenvalue weighted by atomic mass is 19.1. The lowest BCUT2D eigenvalue weighted by atomic mass is 10.0. The molecule has 4 heteroatoms. The Bertz CT molecular complexity index is 403. The Morgan fingerprint density at radius 3 is 2.78 bits per heavy atom. The first kappa shape index (κ1) is 14.6. The number of benzene rings is 1. The van der Waals surface area contributed by atoms with Crippen LogP contribution in [0.1, 0.15) is 24.5 Å². The van der Waals surface area contributed by atoms with Crippen molar-refractivity contribution in [3.05, 3.63) is 35.1 Å². The van der Waals surface area contributed by atoms with Crippen molar-refractivity contribution in [3.63, 3.8) is 0 Å². The summed E-state index contributed by atoms with van der Waals surface area (Å²) in [6.45, 7) is 4.75. The van der Waals surface area contributed by atoms with Crippen LogP contribution in [0.4, 0.5) is 4.39 Å². The summed E-state index contributed by atoms with van der Waals surface area (Å²) in [6, 6.07) is 4.71. The van der Waals surface area contributed by atoms with Crippen molar-refractivity contribution >= 4 is 5.91 Å². The molecule has 0 radical (unpaired) electrons. The number of rotatable bonds is 6. The zero-order valence-corrected chi connectivity index (χ0v) is 11.0. The highest BCUT2D eigenvalue weighted by Crippen LogP contribution is 2.10. The van der Waals surface area contributed by atoms with Gasteiger partial charge in [0.2, 0.25) is 5.91 Å². The minimum atomic E-state index is -0.227. The Hall–Kier alpha value is -1.42. The van der Waals surface area contributed by atoms with Gasteiger partial charge in [0.1, 0.15) is 5.82 Å². The number of nitrogens with two attached hydrogens (primary N) is 1. The van der Waals surface area contributed by atoms with E-state index in [9.17, 15) is 9.18 Å². The predicted octanol–water partition coefficient (Wildman–Crippen LogP) is 1.78. The lowest BCUT2D eigenvalue weighted by Crippen LogP contribution is -2.35. The molecule has 1 rings (SSSR count). The Balaban J connectivity index is 2.44. The van der Waals surface area contributed by atoms with Gasteiger partial charge in [0, 0.05) is 19.0 Å². The molecule has 0 saturated carbocycles. The number of hydrogen-bond donors (Lipinski definition) is 2. The van der Waals surface area contributed by atoms with Gasteiger partial charge in [-0.25, -0.2) is 4.39 Å². The number of carbonyl (C=O) groups excluding carboxylic acids is 1. The van der Waals surface area contributed by atoms with E-state index in [1.807, 2.05) is 13.8 Å². The Kier molecular flexibility index (Phi) is 5.78. The fraction of sp³-hybridized carbons (Fsp3) is 0.500. The molecule has 18 heavy (non-hydrogen) atoms. The van der Waals surface area contributed by atoms with Crippen molar-refractivity contribution in [3.8, 4) is 0 Å². The second-order valence-corrected chi connectivity index (χ2v) is 4.45. The largest absolute Gasteiger partial charge is 0.355 e. The van der Waals surface area contributed by atoms with Crippen molar-refractivity contribution < 1.29 is 9.18 Å². The van der Waals surface area contributed by atoms with Crippen molar-refractivity contribution in [2.24, 2.45) is 11.7 Å². The molecule has 3 nitrogen and oxygen atoms in total. The van der Waals surface area contributed by atoms with Crippen LogP contribution in [0.2, 0.25) is 0 Å². The lowest BCUT2D eigenvalue weighted by molar-refractivity contribution is -0.124. The van der Waals surface area contributed by atoms with Gasteiger partial charge in [-0.1, -0.05) is 13.0 Å². The van der Waals surface area contributed by atoms with Gasteiger partial charge in [-0.05, 0) is 43.0 Å². The summed E-state index contributed by atoms with van der Waals surface area (Å²) < 4.78 is 12.9. The number of nitrogens with one attached hydrogen (secondary N) is 1. The number of carbonyl (C=O) groups is 1. The van der Waals surface area contributed by atoms with Gasteiger partial charge in [0.05, 0.1) is 0 Å². The minimum absolute atomic E-state index is 0.000218. The summed E-state index contributed by atoms with van der Waals surface area (Å²) >= 11 is 0. The number of halogens is 1. The van der Waals surface area contributed by atoms with Crippen LogP contribution in [0.3, 0.4) is 0 Å². The second kappa shape index (κ2) is 7.11. The number of hydrogen-bond acceptors (Lipinski definition) is 2. The first-order valence-electron chi connectivity index (χ1n) is 6.31. The number of aryl methyl sites for hydroxylation is 1. The maximum atomic E-state index is 12.9. The molecule has 1 atom stereocenters. The van der Waals surface area contributed by atoms with Crippen LogP contribution in [0.25, 0.3) is 0 Å². The zero-order valence-electron chi connectivity index (χ0n) is 11.0. The van der Waals surface area contributed by atoms with Crippen molar-refractivity contribution in [2.45, 2.75) is 26.7 Å². The average Bonchev–Trinajstić information content (AvgIpc) is 2.33. The third-order valence-electron chi connectivity index (χ3n) is 3.15. The van der Waals surface area contributed by atoms with Crippen molar-refractivity contribution in [1.29, 1.82) is 0 Å². The van der Waals surface area contributed by atoms with E-state index in [1.165, 1.54) is 12.1 Å². The Morgan fingerprint density at radius 2 is 2.22 bits per heavy atom. The zero-order chi connectivity index (χ0) is 13.5. The van der Waals surface area contributed by atoms with Crippen LogP contribution in [-0.2, 0) is 11.2 Å². The predicted molar refractivity (Wildman–Crippen MR) is 70.7 cm³/mol. The highest BCUT2D eigenvalue weighted by Gasteiger charge is 2.13. The standard InChI is InChI=1S/C14H21FN2O/c1-3-11(9-16)14(18)17-7-6-12-4-5-13(15)8-10(12)2/h4-5,8,11H,3,6-7,9,16H2,1-2H3,(H,17,18). The summed E-state index contributed by atoms with van der Waals surface area (Å²) in [5.41, 5.74) is 7.47.